The molecule has 0 fully saturated rings. The van der Waals surface area contributed by atoms with Crippen molar-refractivity contribution in [3.8, 4) is 11.5 Å². The minimum absolute atomic E-state index is 0.0202. The van der Waals surface area contributed by atoms with Gasteiger partial charge in [0, 0.05) is 37.9 Å². The SMILES string of the molecule is O=C(CC1=CSC2=NCCCN12)NCCc1nc(-c2ccccn2)no1. The van der Waals surface area contributed by atoms with Gasteiger partial charge in [-0.2, -0.15) is 4.98 Å². The van der Waals surface area contributed by atoms with E-state index in [1.54, 1.807) is 18.0 Å². The second-order valence-electron chi connectivity index (χ2n) is 5.90. The van der Waals surface area contributed by atoms with Crippen molar-refractivity contribution in [2.24, 2.45) is 4.99 Å². The van der Waals surface area contributed by atoms with E-state index in [-0.39, 0.29) is 5.91 Å². The zero-order valence-electron chi connectivity index (χ0n) is 14.1. The molecule has 2 aromatic rings. The lowest BCUT2D eigenvalue weighted by molar-refractivity contribution is -0.120. The van der Waals surface area contributed by atoms with Gasteiger partial charge in [-0.05, 0) is 24.0 Å². The predicted molar refractivity (Wildman–Crippen MR) is 98.2 cm³/mol. The van der Waals surface area contributed by atoms with E-state index >= 15 is 0 Å². The zero-order valence-corrected chi connectivity index (χ0v) is 14.9. The number of nitrogens with one attached hydrogen (secondary N) is 1. The van der Waals surface area contributed by atoms with Crippen LogP contribution in [0.25, 0.3) is 11.5 Å². The van der Waals surface area contributed by atoms with E-state index in [2.05, 4.69) is 30.3 Å². The van der Waals surface area contributed by atoms with Gasteiger partial charge in [0.2, 0.25) is 17.6 Å². The van der Waals surface area contributed by atoms with Gasteiger partial charge in [-0.15, -0.1) is 0 Å². The molecule has 0 spiro atoms. The van der Waals surface area contributed by atoms with Gasteiger partial charge in [0.1, 0.15) is 5.69 Å². The summed E-state index contributed by atoms with van der Waals surface area (Å²) in [5.74, 6) is 0.914. The van der Waals surface area contributed by atoms with Crippen molar-refractivity contribution in [1.82, 2.24) is 25.3 Å². The molecule has 0 radical (unpaired) electrons. The number of thioether (sulfide) groups is 1. The van der Waals surface area contributed by atoms with Crippen LogP contribution in [0.4, 0.5) is 0 Å². The Morgan fingerprint density at radius 2 is 2.35 bits per heavy atom. The van der Waals surface area contributed by atoms with Crippen molar-refractivity contribution in [2.75, 3.05) is 19.6 Å². The molecule has 0 atom stereocenters. The summed E-state index contributed by atoms with van der Waals surface area (Å²) >= 11 is 1.59. The van der Waals surface area contributed by atoms with Gasteiger partial charge in [-0.25, -0.2) is 0 Å². The summed E-state index contributed by atoms with van der Waals surface area (Å²) in [5.41, 5.74) is 1.68. The molecular formula is C17H18N6O2S. The lowest BCUT2D eigenvalue weighted by Crippen LogP contribution is -2.33. The number of amidine groups is 1. The maximum Gasteiger partial charge on any atom is 0.228 e. The number of aromatic nitrogens is 3. The number of aliphatic imine (C=N–C) groups is 1. The lowest BCUT2D eigenvalue weighted by atomic mass is 10.2. The molecule has 4 heterocycles. The molecule has 0 saturated heterocycles. The van der Waals surface area contributed by atoms with Crippen LogP contribution in [0.2, 0.25) is 0 Å². The Morgan fingerprint density at radius 1 is 1.38 bits per heavy atom. The minimum atomic E-state index is -0.0202. The fraction of sp³-hybridized carbons (Fsp3) is 0.353. The first-order valence-electron chi connectivity index (χ1n) is 8.48. The van der Waals surface area contributed by atoms with Crippen LogP contribution in [0, 0.1) is 0 Å². The van der Waals surface area contributed by atoms with Crippen LogP contribution in [0.1, 0.15) is 18.7 Å². The van der Waals surface area contributed by atoms with Crippen molar-refractivity contribution in [2.45, 2.75) is 19.3 Å². The van der Waals surface area contributed by atoms with Gasteiger partial charge in [0.05, 0.1) is 6.42 Å². The summed E-state index contributed by atoms with van der Waals surface area (Å²) in [6.07, 6.45) is 3.55. The van der Waals surface area contributed by atoms with E-state index < -0.39 is 0 Å². The molecule has 1 N–H and O–H groups in total. The van der Waals surface area contributed by atoms with E-state index in [9.17, 15) is 4.79 Å². The fourth-order valence-electron chi connectivity index (χ4n) is 2.76. The standard InChI is InChI=1S/C17H18N6O2S/c24-14(10-12-11-26-17-20-7-3-9-23(12)17)19-8-5-15-21-16(22-25-15)13-4-1-2-6-18-13/h1-2,4,6,11H,3,5,7-10H2,(H,19,24). The largest absolute Gasteiger partial charge is 0.355 e. The van der Waals surface area contributed by atoms with Crippen molar-refractivity contribution in [3.05, 3.63) is 41.4 Å². The second kappa shape index (κ2) is 7.69. The molecule has 0 bridgehead atoms. The number of carbonyl (C=O) groups excluding carboxylic acids is 1. The zero-order chi connectivity index (χ0) is 17.8. The van der Waals surface area contributed by atoms with Gasteiger partial charge in [-0.1, -0.05) is 23.0 Å². The van der Waals surface area contributed by atoms with Crippen molar-refractivity contribution >= 4 is 22.8 Å². The Kier molecular flexibility index (Phi) is 4.96. The molecule has 8 nitrogen and oxygen atoms in total. The molecule has 2 aliphatic rings. The molecule has 0 aromatic carbocycles. The number of fused-ring (bicyclic) bond motifs is 1. The first-order chi connectivity index (χ1) is 12.8. The highest BCUT2D eigenvalue weighted by atomic mass is 32.2. The quantitative estimate of drug-likeness (QED) is 0.828. The Labute approximate surface area is 154 Å². The predicted octanol–water partition coefficient (Wildman–Crippen LogP) is 1.83. The topological polar surface area (TPSA) is 96.5 Å². The van der Waals surface area contributed by atoms with Crippen molar-refractivity contribution in [3.63, 3.8) is 0 Å². The summed E-state index contributed by atoms with van der Waals surface area (Å²) in [5, 5.41) is 9.84. The number of pyridine rings is 1. The van der Waals surface area contributed by atoms with E-state index in [4.69, 9.17) is 4.52 Å². The molecule has 0 unspecified atom stereocenters. The lowest BCUT2D eigenvalue weighted by Gasteiger charge is -2.25. The Balaban J connectivity index is 1.25. The van der Waals surface area contributed by atoms with E-state index in [1.807, 2.05) is 23.6 Å². The maximum atomic E-state index is 12.2. The number of hydrogen-bond acceptors (Lipinski definition) is 8. The number of hydrogen-bond donors (Lipinski definition) is 1. The molecule has 2 aliphatic heterocycles. The average Bonchev–Trinajstić information content (AvgIpc) is 3.30. The molecule has 0 aliphatic carbocycles. The third-order valence-corrected chi connectivity index (χ3v) is 4.98. The molecule has 2 aromatic heterocycles. The second-order valence-corrected chi connectivity index (χ2v) is 6.74. The average molecular weight is 370 g/mol. The van der Waals surface area contributed by atoms with Crippen LogP contribution in [-0.2, 0) is 11.2 Å². The van der Waals surface area contributed by atoms with Gasteiger partial charge >= 0.3 is 0 Å². The molecule has 134 valence electrons. The van der Waals surface area contributed by atoms with Crippen LogP contribution >= 0.6 is 11.8 Å². The summed E-state index contributed by atoms with van der Waals surface area (Å²) in [6, 6.07) is 5.52. The van der Waals surface area contributed by atoms with E-state index in [0.29, 0.717) is 36.8 Å². The number of nitrogens with zero attached hydrogens (tertiary/aromatic N) is 5. The van der Waals surface area contributed by atoms with Crippen LogP contribution in [0.15, 0.2) is 45.0 Å². The summed E-state index contributed by atoms with van der Waals surface area (Å²) in [4.78, 5) is 27.3. The fourth-order valence-corrected chi connectivity index (χ4v) is 3.72. The molecule has 4 rings (SSSR count). The summed E-state index contributed by atoms with van der Waals surface area (Å²) in [6.45, 7) is 2.25. The number of carbonyl (C=O) groups is 1. The monoisotopic (exact) mass is 370 g/mol. The first kappa shape index (κ1) is 16.8. The van der Waals surface area contributed by atoms with Crippen LogP contribution < -0.4 is 5.32 Å². The van der Waals surface area contributed by atoms with Gasteiger partial charge in [-0.3, -0.25) is 14.8 Å². The van der Waals surface area contributed by atoms with Crippen molar-refractivity contribution < 1.29 is 9.32 Å². The highest BCUT2D eigenvalue weighted by molar-refractivity contribution is 8.16. The Bertz CT molecular complexity index is 848. The Hall–Kier alpha value is -2.68. The minimum Gasteiger partial charge on any atom is -0.355 e. The highest BCUT2D eigenvalue weighted by Crippen LogP contribution is 2.30. The number of rotatable bonds is 6. The molecule has 26 heavy (non-hydrogen) atoms. The van der Waals surface area contributed by atoms with E-state index in [0.717, 1.165) is 30.4 Å². The number of amides is 1. The third-order valence-electron chi connectivity index (χ3n) is 4.03. The van der Waals surface area contributed by atoms with Crippen LogP contribution in [0.5, 0.6) is 0 Å². The van der Waals surface area contributed by atoms with Crippen molar-refractivity contribution in [1.29, 1.82) is 0 Å². The molecule has 1 amide bonds. The van der Waals surface area contributed by atoms with Gasteiger partial charge in [0.15, 0.2) is 5.17 Å². The normalized spacial score (nSPS) is 16.1. The van der Waals surface area contributed by atoms with Gasteiger partial charge < -0.3 is 14.7 Å². The van der Waals surface area contributed by atoms with Crippen LogP contribution in [-0.4, -0.2) is 50.7 Å². The third kappa shape index (κ3) is 3.77. The van der Waals surface area contributed by atoms with E-state index in [1.165, 1.54) is 0 Å². The molecular weight excluding hydrogens is 352 g/mol. The Morgan fingerprint density at radius 3 is 3.23 bits per heavy atom. The molecule has 0 saturated carbocycles. The summed E-state index contributed by atoms with van der Waals surface area (Å²) in [7, 11) is 0. The first-order valence-corrected chi connectivity index (χ1v) is 9.36. The molecule has 9 heteroatoms. The van der Waals surface area contributed by atoms with Gasteiger partial charge in [0.25, 0.3) is 0 Å². The highest BCUT2D eigenvalue weighted by Gasteiger charge is 2.26. The summed E-state index contributed by atoms with van der Waals surface area (Å²) < 4.78 is 5.21. The maximum absolute atomic E-state index is 12.2. The smallest absolute Gasteiger partial charge is 0.228 e. The van der Waals surface area contributed by atoms with Crippen LogP contribution in [0.3, 0.4) is 0 Å².